The molecule has 2 N–H and O–H groups in total. The van der Waals surface area contributed by atoms with Crippen molar-refractivity contribution in [2.24, 2.45) is 5.92 Å². The minimum Gasteiger partial charge on any atom is -0.444 e. The fourth-order valence-electron chi connectivity index (χ4n) is 2.57. The molecule has 0 saturated carbocycles. The van der Waals surface area contributed by atoms with Gasteiger partial charge in [-0.3, -0.25) is 0 Å². The van der Waals surface area contributed by atoms with E-state index in [0.717, 1.165) is 19.4 Å². The predicted octanol–water partition coefficient (Wildman–Crippen LogP) is 3.49. The number of carbonyl (C=O) groups excluding carboxylic acids is 1. The molecule has 0 spiro atoms. The second-order valence-corrected chi connectivity index (χ2v) is 6.83. The standard InChI is InChI=1S/C17H26N2O2/c1-12-5-6-14-10-13(11-19-15(14)9-12)7-8-18-16(20)21-17(2,3)4/h5-6,9,13,19H,7-8,10-11H2,1-4H3,(H,18,20)/t13-/m0/s1. The first-order valence-corrected chi connectivity index (χ1v) is 7.64. The number of ether oxygens (including phenoxy) is 1. The number of alkyl carbamates (subject to hydrolysis) is 1. The Hall–Kier alpha value is -1.71. The van der Waals surface area contributed by atoms with Crippen molar-refractivity contribution in [1.29, 1.82) is 0 Å². The van der Waals surface area contributed by atoms with E-state index in [1.165, 1.54) is 16.8 Å². The summed E-state index contributed by atoms with van der Waals surface area (Å²) in [6.45, 7) is 9.34. The van der Waals surface area contributed by atoms with Crippen molar-refractivity contribution in [3.05, 3.63) is 29.3 Å². The Morgan fingerprint density at radius 3 is 2.90 bits per heavy atom. The van der Waals surface area contributed by atoms with Crippen molar-refractivity contribution in [1.82, 2.24) is 5.32 Å². The molecule has 0 radical (unpaired) electrons. The summed E-state index contributed by atoms with van der Waals surface area (Å²) in [6, 6.07) is 6.55. The van der Waals surface area contributed by atoms with Crippen LogP contribution in [-0.2, 0) is 11.2 Å². The third-order valence-electron chi connectivity index (χ3n) is 3.58. The summed E-state index contributed by atoms with van der Waals surface area (Å²) >= 11 is 0. The minimum absolute atomic E-state index is 0.331. The molecule has 1 heterocycles. The molecule has 1 aromatic rings. The molecular weight excluding hydrogens is 264 g/mol. The van der Waals surface area contributed by atoms with Crippen LogP contribution in [0.4, 0.5) is 10.5 Å². The van der Waals surface area contributed by atoms with E-state index in [4.69, 9.17) is 4.74 Å². The van der Waals surface area contributed by atoms with Gasteiger partial charge in [0.05, 0.1) is 0 Å². The van der Waals surface area contributed by atoms with Crippen molar-refractivity contribution in [2.45, 2.75) is 46.1 Å². The van der Waals surface area contributed by atoms with Gasteiger partial charge in [0.2, 0.25) is 0 Å². The fraction of sp³-hybridized carbons (Fsp3) is 0.588. The monoisotopic (exact) mass is 290 g/mol. The normalized spacial score (nSPS) is 17.6. The highest BCUT2D eigenvalue weighted by Crippen LogP contribution is 2.26. The highest BCUT2D eigenvalue weighted by Gasteiger charge is 2.19. The topological polar surface area (TPSA) is 50.4 Å². The Balaban J connectivity index is 1.76. The van der Waals surface area contributed by atoms with E-state index in [1.807, 2.05) is 20.8 Å². The predicted molar refractivity (Wildman–Crippen MR) is 85.7 cm³/mol. The summed E-state index contributed by atoms with van der Waals surface area (Å²) in [5.74, 6) is 0.551. The quantitative estimate of drug-likeness (QED) is 0.896. The van der Waals surface area contributed by atoms with Crippen LogP contribution in [0.1, 0.15) is 38.3 Å². The number of amides is 1. The maximum Gasteiger partial charge on any atom is 0.407 e. The summed E-state index contributed by atoms with van der Waals surface area (Å²) < 4.78 is 5.23. The lowest BCUT2D eigenvalue weighted by Gasteiger charge is -2.27. The summed E-state index contributed by atoms with van der Waals surface area (Å²) in [5, 5.41) is 6.32. The molecule has 2 rings (SSSR count). The Kier molecular flexibility index (Phi) is 4.76. The first-order chi connectivity index (χ1) is 9.83. The second-order valence-electron chi connectivity index (χ2n) is 6.83. The minimum atomic E-state index is -0.437. The van der Waals surface area contributed by atoms with Gasteiger partial charge in [0.1, 0.15) is 5.60 Å². The van der Waals surface area contributed by atoms with Crippen LogP contribution in [0.3, 0.4) is 0 Å². The Morgan fingerprint density at radius 2 is 2.19 bits per heavy atom. The molecular formula is C17H26N2O2. The van der Waals surface area contributed by atoms with Crippen LogP contribution in [0.15, 0.2) is 18.2 Å². The number of nitrogens with one attached hydrogen (secondary N) is 2. The second kappa shape index (κ2) is 6.37. The van der Waals surface area contributed by atoms with Gasteiger partial charge in [0, 0.05) is 18.8 Å². The number of rotatable bonds is 3. The molecule has 0 aromatic heterocycles. The number of benzene rings is 1. The van der Waals surface area contributed by atoms with Crippen LogP contribution in [0, 0.1) is 12.8 Å². The molecule has 1 aromatic carbocycles. The third-order valence-corrected chi connectivity index (χ3v) is 3.58. The summed E-state index contributed by atoms with van der Waals surface area (Å²) in [4.78, 5) is 11.6. The zero-order chi connectivity index (χ0) is 15.5. The summed E-state index contributed by atoms with van der Waals surface area (Å²) in [6.07, 6.45) is 1.69. The SMILES string of the molecule is Cc1ccc2c(c1)NC[C@@H](CCNC(=O)OC(C)(C)C)C2. The van der Waals surface area contributed by atoms with Gasteiger partial charge >= 0.3 is 6.09 Å². The molecule has 0 unspecified atom stereocenters. The van der Waals surface area contributed by atoms with Gasteiger partial charge in [-0.15, -0.1) is 0 Å². The largest absolute Gasteiger partial charge is 0.444 e. The lowest BCUT2D eigenvalue weighted by Crippen LogP contribution is -2.34. The van der Waals surface area contributed by atoms with Crippen LogP contribution in [0.5, 0.6) is 0 Å². The van der Waals surface area contributed by atoms with Crippen LogP contribution >= 0.6 is 0 Å². The number of anilines is 1. The van der Waals surface area contributed by atoms with E-state index in [1.54, 1.807) is 0 Å². The highest BCUT2D eigenvalue weighted by molar-refractivity contribution is 5.67. The number of hydrogen-bond acceptors (Lipinski definition) is 3. The third kappa shape index (κ3) is 4.96. The van der Waals surface area contributed by atoms with Crippen LogP contribution in [-0.4, -0.2) is 24.8 Å². The average Bonchev–Trinajstić information content (AvgIpc) is 2.36. The van der Waals surface area contributed by atoms with E-state index >= 15 is 0 Å². The first-order valence-electron chi connectivity index (χ1n) is 7.64. The molecule has 116 valence electrons. The van der Waals surface area contributed by atoms with Crippen LogP contribution < -0.4 is 10.6 Å². The lowest BCUT2D eigenvalue weighted by molar-refractivity contribution is 0.0525. The maximum absolute atomic E-state index is 11.6. The molecule has 0 saturated heterocycles. The summed E-state index contributed by atoms with van der Waals surface area (Å²) in [5.41, 5.74) is 3.47. The molecule has 0 fully saturated rings. The van der Waals surface area contributed by atoms with Crippen molar-refractivity contribution >= 4 is 11.8 Å². The zero-order valence-electron chi connectivity index (χ0n) is 13.5. The molecule has 1 aliphatic rings. The van der Waals surface area contributed by atoms with E-state index < -0.39 is 5.60 Å². The molecule has 0 aliphatic carbocycles. The molecule has 1 atom stereocenters. The van der Waals surface area contributed by atoms with Gasteiger partial charge in [-0.2, -0.15) is 0 Å². The number of aryl methyl sites for hydroxylation is 1. The molecule has 0 bridgehead atoms. The van der Waals surface area contributed by atoms with Crippen molar-refractivity contribution in [3.8, 4) is 0 Å². The molecule has 4 heteroatoms. The van der Waals surface area contributed by atoms with Gasteiger partial charge in [-0.25, -0.2) is 4.79 Å². The summed E-state index contributed by atoms with van der Waals surface area (Å²) in [7, 11) is 0. The van der Waals surface area contributed by atoms with Crippen molar-refractivity contribution in [2.75, 3.05) is 18.4 Å². The lowest BCUT2D eigenvalue weighted by atomic mass is 9.91. The number of hydrogen-bond donors (Lipinski definition) is 2. The first kappa shape index (κ1) is 15.7. The van der Waals surface area contributed by atoms with E-state index in [2.05, 4.69) is 35.8 Å². The molecule has 1 aliphatic heterocycles. The smallest absolute Gasteiger partial charge is 0.407 e. The maximum atomic E-state index is 11.6. The highest BCUT2D eigenvalue weighted by atomic mass is 16.6. The number of fused-ring (bicyclic) bond motifs is 1. The van der Waals surface area contributed by atoms with Crippen LogP contribution in [0.25, 0.3) is 0 Å². The molecule has 1 amide bonds. The Morgan fingerprint density at radius 1 is 1.43 bits per heavy atom. The van der Waals surface area contributed by atoms with Crippen molar-refractivity contribution < 1.29 is 9.53 Å². The Bertz CT molecular complexity index is 506. The van der Waals surface area contributed by atoms with Gasteiger partial charge in [-0.05, 0) is 63.6 Å². The van der Waals surface area contributed by atoms with Gasteiger partial charge in [0.15, 0.2) is 0 Å². The zero-order valence-corrected chi connectivity index (χ0v) is 13.5. The van der Waals surface area contributed by atoms with E-state index in [9.17, 15) is 4.79 Å². The van der Waals surface area contributed by atoms with Crippen LogP contribution in [0.2, 0.25) is 0 Å². The Labute approximate surface area is 127 Å². The molecule has 21 heavy (non-hydrogen) atoms. The van der Waals surface area contributed by atoms with Gasteiger partial charge in [-0.1, -0.05) is 12.1 Å². The number of carbonyl (C=O) groups is 1. The van der Waals surface area contributed by atoms with Gasteiger partial charge < -0.3 is 15.4 Å². The average molecular weight is 290 g/mol. The molecule has 4 nitrogen and oxygen atoms in total. The van der Waals surface area contributed by atoms with Gasteiger partial charge in [0.25, 0.3) is 0 Å². The van der Waals surface area contributed by atoms with E-state index in [-0.39, 0.29) is 6.09 Å². The van der Waals surface area contributed by atoms with E-state index in [0.29, 0.717) is 12.5 Å². The fourth-order valence-corrected chi connectivity index (χ4v) is 2.57. The van der Waals surface area contributed by atoms with Crippen molar-refractivity contribution in [3.63, 3.8) is 0 Å².